The van der Waals surface area contributed by atoms with Gasteiger partial charge in [-0.1, -0.05) is 0 Å². The van der Waals surface area contributed by atoms with Gasteiger partial charge in [0.05, 0.1) is 0 Å². The van der Waals surface area contributed by atoms with Crippen molar-refractivity contribution in [3.8, 4) is 0 Å². The summed E-state index contributed by atoms with van der Waals surface area (Å²) in [4.78, 5) is 9.44. The predicted octanol–water partition coefficient (Wildman–Crippen LogP) is 0.715. The van der Waals surface area contributed by atoms with Crippen LogP contribution in [-0.4, -0.2) is 18.1 Å². The summed E-state index contributed by atoms with van der Waals surface area (Å²) in [5.74, 6) is 0. The Hall–Kier alpha value is 0.230. The summed E-state index contributed by atoms with van der Waals surface area (Å²) in [6, 6.07) is 0. The second-order valence-electron chi connectivity index (χ2n) is 1.86. The molecule has 5 nitrogen and oxygen atoms in total. The zero-order chi connectivity index (χ0) is 7.69. The SMILES string of the molecule is CCOP1(O)(OCC)NO1. The topological polar surface area (TPSA) is 73.2 Å². The van der Waals surface area contributed by atoms with Crippen molar-refractivity contribution in [3.63, 3.8) is 0 Å². The Morgan fingerprint density at radius 1 is 1.40 bits per heavy atom. The quantitative estimate of drug-likeness (QED) is 0.479. The van der Waals surface area contributed by atoms with Crippen LogP contribution in [0, 0.1) is 0 Å². The van der Waals surface area contributed by atoms with Crippen LogP contribution in [0.3, 0.4) is 0 Å². The summed E-state index contributed by atoms with van der Waals surface area (Å²) in [5, 5.41) is 2.27. The van der Waals surface area contributed by atoms with Gasteiger partial charge in [0.2, 0.25) is 0 Å². The van der Waals surface area contributed by atoms with Gasteiger partial charge in [0, 0.05) is 0 Å². The van der Waals surface area contributed by atoms with Gasteiger partial charge in [0.1, 0.15) is 0 Å². The van der Waals surface area contributed by atoms with Gasteiger partial charge in [-0.3, -0.25) is 0 Å². The van der Waals surface area contributed by atoms with Gasteiger partial charge in [-0.05, 0) is 0 Å². The van der Waals surface area contributed by atoms with Crippen LogP contribution in [0.25, 0.3) is 0 Å². The Bertz CT molecular complexity index is 127. The van der Waals surface area contributed by atoms with Crippen molar-refractivity contribution < 1.29 is 18.6 Å². The van der Waals surface area contributed by atoms with Crippen molar-refractivity contribution in [2.75, 3.05) is 13.2 Å². The first kappa shape index (κ1) is 8.33. The van der Waals surface area contributed by atoms with E-state index in [0.29, 0.717) is 13.2 Å². The second-order valence-corrected chi connectivity index (χ2v) is 4.43. The molecule has 0 aromatic carbocycles. The van der Waals surface area contributed by atoms with Crippen LogP contribution in [0.1, 0.15) is 13.8 Å². The molecule has 0 spiro atoms. The van der Waals surface area contributed by atoms with E-state index in [9.17, 15) is 4.89 Å². The number of rotatable bonds is 4. The Morgan fingerprint density at radius 3 is 2.00 bits per heavy atom. The Kier molecular flexibility index (Phi) is 1.98. The van der Waals surface area contributed by atoms with Crippen molar-refractivity contribution in [2.24, 2.45) is 0 Å². The number of hydrogen-bond acceptors (Lipinski definition) is 5. The molecule has 1 fully saturated rings. The van der Waals surface area contributed by atoms with E-state index >= 15 is 0 Å². The molecule has 0 aromatic heterocycles. The first-order chi connectivity index (χ1) is 4.63. The average Bonchev–Trinajstić information content (AvgIpc) is 2.47. The maximum atomic E-state index is 9.44. The van der Waals surface area contributed by atoms with Gasteiger partial charge >= 0.3 is 58.5 Å². The van der Waals surface area contributed by atoms with E-state index in [0.717, 1.165) is 0 Å². The molecule has 0 radical (unpaired) electrons. The molecule has 0 aromatic rings. The number of nitrogens with one attached hydrogen (secondary N) is 1. The third-order valence-electron chi connectivity index (χ3n) is 1.04. The molecule has 1 aliphatic rings. The van der Waals surface area contributed by atoms with Crippen LogP contribution in [-0.2, 0) is 13.7 Å². The van der Waals surface area contributed by atoms with E-state index in [2.05, 4.69) is 9.88 Å². The standard InChI is InChI=1S/C4H12NO4P/c1-3-7-10(6,5-9-10)8-4-2/h5-6H,3-4H2,1-2H3. The van der Waals surface area contributed by atoms with Crippen LogP contribution in [0.4, 0.5) is 0 Å². The summed E-state index contributed by atoms with van der Waals surface area (Å²) >= 11 is 0. The van der Waals surface area contributed by atoms with Crippen molar-refractivity contribution in [1.29, 1.82) is 0 Å². The van der Waals surface area contributed by atoms with Crippen LogP contribution < -0.4 is 5.25 Å². The molecule has 0 atom stereocenters. The first-order valence-corrected chi connectivity index (χ1v) is 5.11. The van der Waals surface area contributed by atoms with Crippen molar-refractivity contribution >= 4 is 7.66 Å². The fraction of sp³-hybridized carbons (Fsp3) is 1.00. The van der Waals surface area contributed by atoms with Gasteiger partial charge in [-0.15, -0.1) is 0 Å². The molecular formula is C4H12NO4P. The Balaban J connectivity index is 2.45. The van der Waals surface area contributed by atoms with Gasteiger partial charge in [-0.2, -0.15) is 0 Å². The fourth-order valence-corrected chi connectivity index (χ4v) is 2.26. The Labute approximate surface area is 59.5 Å². The van der Waals surface area contributed by atoms with E-state index in [1.807, 2.05) is 0 Å². The molecule has 0 aliphatic carbocycles. The van der Waals surface area contributed by atoms with Crippen LogP contribution in [0.15, 0.2) is 0 Å². The van der Waals surface area contributed by atoms with Crippen LogP contribution in [0.5, 0.6) is 0 Å². The fourth-order valence-electron chi connectivity index (χ4n) is 0.650. The minimum atomic E-state index is -3.66. The predicted molar refractivity (Wildman–Crippen MR) is 36.6 cm³/mol. The van der Waals surface area contributed by atoms with E-state index in [4.69, 9.17) is 9.05 Å². The maximum absolute atomic E-state index is 9.44. The van der Waals surface area contributed by atoms with Crippen molar-refractivity contribution in [2.45, 2.75) is 13.8 Å². The average molecular weight is 169 g/mol. The molecule has 62 valence electrons. The van der Waals surface area contributed by atoms with Gasteiger partial charge in [0.15, 0.2) is 0 Å². The summed E-state index contributed by atoms with van der Waals surface area (Å²) in [6.45, 7) is 4.24. The molecule has 0 saturated carbocycles. The zero-order valence-electron chi connectivity index (χ0n) is 6.03. The molecule has 1 saturated heterocycles. The third-order valence-corrected chi connectivity index (χ3v) is 3.11. The second kappa shape index (κ2) is 2.37. The van der Waals surface area contributed by atoms with E-state index in [-0.39, 0.29) is 0 Å². The third kappa shape index (κ3) is 1.45. The molecule has 1 aliphatic heterocycles. The molecule has 2 N–H and O–H groups in total. The normalized spacial score (nSPS) is 30.5. The molecule has 10 heavy (non-hydrogen) atoms. The molecule has 6 heteroatoms. The molecule has 1 heterocycles. The van der Waals surface area contributed by atoms with Crippen molar-refractivity contribution in [3.05, 3.63) is 0 Å². The molecule has 0 unspecified atom stereocenters. The molecule has 1 rings (SSSR count). The van der Waals surface area contributed by atoms with Crippen molar-refractivity contribution in [1.82, 2.24) is 5.25 Å². The molecular weight excluding hydrogens is 157 g/mol. The monoisotopic (exact) mass is 169 g/mol. The minimum absolute atomic E-state index is 0.362. The Morgan fingerprint density at radius 2 is 1.80 bits per heavy atom. The zero-order valence-corrected chi connectivity index (χ0v) is 6.93. The number of hydrogen-bond donors (Lipinski definition) is 2. The van der Waals surface area contributed by atoms with E-state index in [1.165, 1.54) is 0 Å². The molecule has 0 bridgehead atoms. The van der Waals surface area contributed by atoms with Crippen LogP contribution >= 0.6 is 7.66 Å². The van der Waals surface area contributed by atoms with Gasteiger partial charge < -0.3 is 0 Å². The summed E-state index contributed by atoms with van der Waals surface area (Å²) < 4.78 is 14.4. The summed E-state index contributed by atoms with van der Waals surface area (Å²) in [5.41, 5.74) is 0. The van der Waals surface area contributed by atoms with Gasteiger partial charge in [-0.25, -0.2) is 0 Å². The van der Waals surface area contributed by atoms with E-state index in [1.54, 1.807) is 13.8 Å². The van der Waals surface area contributed by atoms with Crippen LogP contribution in [0.2, 0.25) is 0 Å². The molecule has 0 amide bonds. The summed E-state index contributed by atoms with van der Waals surface area (Å²) in [7, 11) is -3.66. The van der Waals surface area contributed by atoms with E-state index < -0.39 is 7.66 Å². The summed E-state index contributed by atoms with van der Waals surface area (Å²) in [6.07, 6.45) is 0. The van der Waals surface area contributed by atoms with Gasteiger partial charge in [0.25, 0.3) is 0 Å². The first-order valence-electron chi connectivity index (χ1n) is 3.17.